The molecule has 1 saturated carbocycles. The summed E-state index contributed by atoms with van der Waals surface area (Å²) in [6.45, 7) is 0.00825. The maximum Gasteiger partial charge on any atom is 0.224 e. The Morgan fingerprint density at radius 1 is 1.16 bits per heavy atom. The van der Waals surface area contributed by atoms with E-state index in [0.717, 1.165) is 31.2 Å². The van der Waals surface area contributed by atoms with Crippen LogP contribution < -0.4 is 5.32 Å². The van der Waals surface area contributed by atoms with Crippen molar-refractivity contribution in [1.29, 1.82) is 0 Å². The number of rotatable bonds is 4. The molecule has 0 spiro atoms. The molecule has 3 N–H and O–H groups in total. The summed E-state index contributed by atoms with van der Waals surface area (Å²) in [5.41, 5.74) is 0.436. The highest BCUT2D eigenvalue weighted by Gasteiger charge is 2.32. The summed E-state index contributed by atoms with van der Waals surface area (Å²) in [7, 11) is 0. The molecule has 4 heteroatoms. The summed E-state index contributed by atoms with van der Waals surface area (Å²) in [5.74, 6) is 0.130. The molecule has 19 heavy (non-hydrogen) atoms. The molecular formula is C15H21NO3. The normalized spacial score (nSPS) is 17.9. The van der Waals surface area contributed by atoms with E-state index in [4.69, 9.17) is 0 Å². The average molecular weight is 263 g/mol. The molecule has 1 aliphatic carbocycles. The Labute approximate surface area is 113 Å². The Balaban J connectivity index is 1.94. The number of phenols is 1. The molecule has 0 unspecified atom stereocenters. The van der Waals surface area contributed by atoms with Crippen molar-refractivity contribution in [1.82, 2.24) is 5.32 Å². The summed E-state index contributed by atoms with van der Waals surface area (Å²) in [5, 5.41) is 21.7. The molecule has 0 radical (unpaired) electrons. The Hall–Kier alpha value is -1.55. The Kier molecular flexibility index (Phi) is 4.43. The maximum atomic E-state index is 12.0. The van der Waals surface area contributed by atoms with Crippen LogP contribution in [0.15, 0.2) is 24.3 Å². The highest BCUT2D eigenvalue weighted by Crippen LogP contribution is 2.27. The molecule has 2 rings (SSSR count). The lowest BCUT2D eigenvalue weighted by Gasteiger charge is -2.36. The number of phenolic OH excluding ortho intramolecular Hbond substituents is 1. The van der Waals surface area contributed by atoms with Crippen LogP contribution in [0, 0.1) is 0 Å². The van der Waals surface area contributed by atoms with Crippen molar-refractivity contribution >= 4 is 5.91 Å². The molecular weight excluding hydrogens is 242 g/mol. The number of carbonyl (C=O) groups excluding carboxylic acids is 1. The van der Waals surface area contributed by atoms with Crippen LogP contribution in [-0.2, 0) is 11.2 Å². The molecule has 104 valence electrons. The molecule has 1 aromatic carbocycles. The molecule has 1 aromatic rings. The number of aliphatic hydroxyl groups excluding tert-OH is 1. The molecule has 0 heterocycles. The van der Waals surface area contributed by atoms with Crippen molar-refractivity contribution in [2.45, 2.75) is 44.1 Å². The molecule has 1 fully saturated rings. The van der Waals surface area contributed by atoms with Crippen LogP contribution in [0.1, 0.15) is 37.7 Å². The quantitative estimate of drug-likeness (QED) is 0.775. The lowest BCUT2D eigenvalue weighted by atomic mass is 9.82. The third-order valence-electron chi connectivity index (χ3n) is 3.82. The minimum absolute atomic E-state index is 0.00825. The fourth-order valence-electron chi connectivity index (χ4n) is 2.69. The van der Waals surface area contributed by atoms with Gasteiger partial charge in [-0.1, -0.05) is 31.4 Å². The van der Waals surface area contributed by atoms with Gasteiger partial charge in [-0.05, 0) is 30.5 Å². The van der Waals surface area contributed by atoms with Crippen LogP contribution in [-0.4, -0.2) is 28.3 Å². The zero-order chi connectivity index (χ0) is 13.7. The molecule has 0 saturated heterocycles. The van der Waals surface area contributed by atoms with Crippen molar-refractivity contribution in [3.8, 4) is 5.75 Å². The number of carbonyl (C=O) groups is 1. The first kappa shape index (κ1) is 13.9. The molecule has 0 aromatic heterocycles. The van der Waals surface area contributed by atoms with Crippen LogP contribution in [0.4, 0.5) is 0 Å². The van der Waals surface area contributed by atoms with E-state index in [1.54, 1.807) is 24.3 Å². The topological polar surface area (TPSA) is 69.6 Å². The van der Waals surface area contributed by atoms with E-state index in [-0.39, 0.29) is 24.7 Å². The smallest absolute Gasteiger partial charge is 0.224 e. The highest BCUT2D eigenvalue weighted by molar-refractivity contribution is 5.79. The van der Waals surface area contributed by atoms with E-state index in [2.05, 4.69) is 5.32 Å². The standard InChI is InChI=1S/C15H21NO3/c17-11-15(8-2-1-3-9-15)16-14(19)10-12-4-6-13(18)7-5-12/h4-7,17-18H,1-3,8-11H2,(H,16,19). The minimum atomic E-state index is -0.424. The Morgan fingerprint density at radius 3 is 2.37 bits per heavy atom. The van der Waals surface area contributed by atoms with Crippen LogP contribution in [0.5, 0.6) is 5.75 Å². The zero-order valence-corrected chi connectivity index (χ0v) is 11.1. The monoisotopic (exact) mass is 263 g/mol. The van der Waals surface area contributed by atoms with E-state index >= 15 is 0 Å². The van der Waals surface area contributed by atoms with Gasteiger partial charge in [0.15, 0.2) is 0 Å². The van der Waals surface area contributed by atoms with Gasteiger partial charge in [0.25, 0.3) is 0 Å². The molecule has 0 atom stereocenters. The van der Waals surface area contributed by atoms with E-state index in [1.807, 2.05) is 0 Å². The number of aliphatic hydroxyl groups is 1. The summed E-state index contributed by atoms with van der Waals surface area (Å²) in [4.78, 5) is 12.0. The first-order valence-electron chi connectivity index (χ1n) is 6.83. The van der Waals surface area contributed by atoms with Crippen LogP contribution >= 0.6 is 0 Å². The van der Waals surface area contributed by atoms with E-state index in [1.165, 1.54) is 6.42 Å². The fourth-order valence-corrected chi connectivity index (χ4v) is 2.69. The van der Waals surface area contributed by atoms with Gasteiger partial charge in [0.05, 0.1) is 18.6 Å². The predicted octanol–water partition coefficient (Wildman–Crippen LogP) is 1.75. The first-order valence-corrected chi connectivity index (χ1v) is 6.83. The fraction of sp³-hybridized carbons (Fsp3) is 0.533. The highest BCUT2D eigenvalue weighted by atomic mass is 16.3. The van der Waals surface area contributed by atoms with Gasteiger partial charge in [0.2, 0.25) is 5.91 Å². The number of aromatic hydroxyl groups is 1. The largest absolute Gasteiger partial charge is 0.508 e. The number of hydrogen-bond acceptors (Lipinski definition) is 3. The average Bonchev–Trinajstić information content (AvgIpc) is 2.42. The van der Waals surface area contributed by atoms with Crippen molar-refractivity contribution < 1.29 is 15.0 Å². The molecule has 4 nitrogen and oxygen atoms in total. The molecule has 0 bridgehead atoms. The zero-order valence-electron chi connectivity index (χ0n) is 11.1. The van der Waals surface area contributed by atoms with Gasteiger partial charge in [-0.3, -0.25) is 4.79 Å². The van der Waals surface area contributed by atoms with Gasteiger partial charge in [-0.2, -0.15) is 0 Å². The number of amides is 1. The van der Waals surface area contributed by atoms with Crippen LogP contribution in [0.3, 0.4) is 0 Å². The maximum absolute atomic E-state index is 12.0. The van der Waals surface area contributed by atoms with Gasteiger partial charge < -0.3 is 15.5 Å². The Bertz CT molecular complexity index is 422. The van der Waals surface area contributed by atoms with Crippen molar-refractivity contribution in [2.24, 2.45) is 0 Å². The third-order valence-corrected chi connectivity index (χ3v) is 3.82. The van der Waals surface area contributed by atoms with Crippen LogP contribution in [0.2, 0.25) is 0 Å². The summed E-state index contributed by atoms with van der Waals surface area (Å²) in [6.07, 6.45) is 5.27. The van der Waals surface area contributed by atoms with E-state index < -0.39 is 5.54 Å². The van der Waals surface area contributed by atoms with Gasteiger partial charge >= 0.3 is 0 Å². The lowest BCUT2D eigenvalue weighted by molar-refractivity contribution is -0.123. The van der Waals surface area contributed by atoms with Crippen molar-refractivity contribution in [3.05, 3.63) is 29.8 Å². The first-order chi connectivity index (χ1) is 9.13. The summed E-state index contributed by atoms with van der Waals surface area (Å²) >= 11 is 0. The van der Waals surface area contributed by atoms with E-state index in [0.29, 0.717) is 0 Å². The molecule has 1 amide bonds. The number of hydrogen-bond donors (Lipinski definition) is 3. The van der Waals surface area contributed by atoms with Gasteiger partial charge in [-0.25, -0.2) is 0 Å². The van der Waals surface area contributed by atoms with Crippen molar-refractivity contribution in [3.63, 3.8) is 0 Å². The van der Waals surface area contributed by atoms with Gasteiger partial charge in [0, 0.05) is 0 Å². The van der Waals surface area contributed by atoms with Crippen molar-refractivity contribution in [2.75, 3.05) is 6.61 Å². The second kappa shape index (κ2) is 6.06. The van der Waals surface area contributed by atoms with Gasteiger partial charge in [-0.15, -0.1) is 0 Å². The second-order valence-electron chi connectivity index (χ2n) is 5.39. The number of benzene rings is 1. The SMILES string of the molecule is O=C(Cc1ccc(O)cc1)NC1(CO)CCCCC1. The Morgan fingerprint density at radius 2 is 1.79 bits per heavy atom. The lowest BCUT2D eigenvalue weighted by Crippen LogP contribution is -2.52. The number of nitrogens with one attached hydrogen (secondary N) is 1. The van der Waals surface area contributed by atoms with E-state index in [9.17, 15) is 15.0 Å². The molecule has 0 aliphatic heterocycles. The van der Waals surface area contributed by atoms with Gasteiger partial charge in [0.1, 0.15) is 5.75 Å². The summed E-state index contributed by atoms with van der Waals surface area (Å²) < 4.78 is 0. The minimum Gasteiger partial charge on any atom is -0.508 e. The second-order valence-corrected chi connectivity index (χ2v) is 5.39. The predicted molar refractivity (Wildman–Crippen MR) is 72.9 cm³/mol. The molecule has 1 aliphatic rings. The van der Waals surface area contributed by atoms with Crippen LogP contribution in [0.25, 0.3) is 0 Å². The summed E-state index contributed by atoms with van der Waals surface area (Å²) in [6, 6.07) is 6.62. The third kappa shape index (κ3) is 3.70.